The molecule has 0 aliphatic carbocycles. The van der Waals surface area contributed by atoms with Gasteiger partial charge in [0.25, 0.3) is 5.56 Å². The molecule has 1 N–H and O–H groups in total. The molecule has 0 aliphatic rings. The van der Waals surface area contributed by atoms with Gasteiger partial charge in [-0.3, -0.25) is 4.79 Å². The first-order valence-electron chi connectivity index (χ1n) is 8.68. The molecule has 2 heterocycles. The second kappa shape index (κ2) is 7.85. The molecule has 0 saturated carbocycles. The van der Waals surface area contributed by atoms with Crippen molar-refractivity contribution in [3.05, 3.63) is 93.9 Å². The number of hydrogen-bond acceptors (Lipinski definition) is 5. The Bertz CT molecular complexity index is 1130. The van der Waals surface area contributed by atoms with Crippen LogP contribution >= 0.6 is 11.3 Å². The molecule has 0 amide bonds. The summed E-state index contributed by atoms with van der Waals surface area (Å²) >= 11 is 1.21. The van der Waals surface area contributed by atoms with Crippen molar-refractivity contribution >= 4 is 21.4 Å². The highest BCUT2D eigenvalue weighted by Crippen LogP contribution is 2.21. The fourth-order valence-electron chi connectivity index (χ4n) is 3.01. The van der Waals surface area contributed by atoms with Crippen LogP contribution in [0, 0.1) is 11.6 Å². The summed E-state index contributed by atoms with van der Waals surface area (Å²) < 4.78 is 29.5. The van der Waals surface area contributed by atoms with Crippen LogP contribution in [0.2, 0.25) is 0 Å². The van der Waals surface area contributed by atoms with Crippen molar-refractivity contribution in [3.8, 4) is 0 Å². The number of fused-ring (bicyclic) bond motifs is 1. The monoisotopic (exact) mass is 398 g/mol. The maximum absolute atomic E-state index is 14.2. The van der Waals surface area contributed by atoms with E-state index in [0.29, 0.717) is 34.1 Å². The van der Waals surface area contributed by atoms with Crippen LogP contribution in [-0.4, -0.2) is 20.6 Å². The summed E-state index contributed by atoms with van der Waals surface area (Å²) in [7, 11) is 0. The zero-order valence-electron chi connectivity index (χ0n) is 14.7. The number of nitrogens with zero attached hydrogens (tertiary/aromatic N) is 3. The van der Waals surface area contributed by atoms with Gasteiger partial charge in [0, 0.05) is 18.3 Å². The summed E-state index contributed by atoms with van der Waals surface area (Å²) in [6.07, 6.45) is 2.09. The van der Waals surface area contributed by atoms with Gasteiger partial charge in [0.15, 0.2) is 0 Å². The number of halogens is 2. The Labute approximate surface area is 163 Å². The molecule has 0 saturated heterocycles. The first kappa shape index (κ1) is 18.2. The quantitative estimate of drug-likeness (QED) is 0.538. The van der Waals surface area contributed by atoms with Gasteiger partial charge in [0.1, 0.15) is 11.6 Å². The van der Waals surface area contributed by atoms with Crippen molar-refractivity contribution in [1.82, 2.24) is 14.6 Å². The van der Waals surface area contributed by atoms with Gasteiger partial charge in [-0.25, -0.2) is 13.8 Å². The lowest BCUT2D eigenvalue weighted by atomic mass is 9.98. The number of rotatable bonds is 6. The fourth-order valence-corrected chi connectivity index (χ4v) is 3.86. The topological polar surface area (TPSA) is 59.3 Å². The van der Waals surface area contributed by atoms with E-state index in [2.05, 4.69) is 15.4 Å². The Morgan fingerprint density at radius 3 is 2.14 bits per heavy atom. The van der Waals surface area contributed by atoms with Gasteiger partial charge in [-0.2, -0.15) is 4.52 Å². The Hall–Kier alpha value is -3.13. The van der Waals surface area contributed by atoms with E-state index in [1.54, 1.807) is 36.4 Å². The Morgan fingerprint density at radius 2 is 1.57 bits per heavy atom. The molecular weight excluding hydrogens is 382 g/mol. The van der Waals surface area contributed by atoms with Crippen LogP contribution < -0.4 is 10.9 Å². The average molecular weight is 398 g/mol. The molecule has 142 valence electrons. The van der Waals surface area contributed by atoms with E-state index in [1.807, 2.05) is 0 Å². The van der Waals surface area contributed by atoms with Gasteiger partial charge >= 0.3 is 0 Å². The molecular formula is C20H16F2N4OS. The Morgan fingerprint density at radius 1 is 0.964 bits per heavy atom. The third-order valence-electron chi connectivity index (χ3n) is 4.35. The highest BCUT2D eigenvalue weighted by Gasteiger charge is 2.17. The third-order valence-corrected chi connectivity index (χ3v) is 5.20. The smallest absolute Gasteiger partial charge is 0.275 e. The normalized spacial score (nSPS) is 11.2. The summed E-state index contributed by atoms with van der Waals surface area (Å²) in [5.74, 6) is -0.630. The van der Waals surface area contributed by atoms with E-state index in [1.165, 1.54) is 40.2 Å². The zero-order chi connectivity index (χ0) is 19.5. The van der Waals surface area contributed by atoms with Gasteiger partial charge in [-0.1, -0.05) is 47.7 Å². The number of nitrogens with one attached hydrogen (secondary N) is 1. The van der Waals surface area contributed by atoms with Crippen LogP contribution in [0.15, 0.2) is 65.6 Å². The highest BCUT2D eigenvalue weighted by molar-refractivity contribution is 7.20. The minimum atomic E-state index is -0.329. The third kappa shape index (κ3) is 3.91. The molecule has 5 nitrogen and oxygen atoms in total. The first-order valence-corrected chi connectivity index (χ1v) is 9.50. The van der Waals surface area contributed by atoms with Gasteiger partial charge in [0.2, 0.25) is 10.1 Å². The predicted molar refractivity (Wildman–Crippen MR) is 105 cm³/mol. The summed E-state index contributed by atoms with van der Waals surface area (Å²) in [6, 6.07) is 14.0. The minimum Gasteiger partial charge on any atom is -0.357 e. The summed E-state index contributed by atoms with van der Waals surface area (Å²) in [5, 5.41) is 7.93. The van der Waals surface area contributed by atoms with Crippen LogP contribution in [0.25, 0.3) is 4.96 Å². The maximum Gasteiger partial charge on any atom is 0.275 e. The number of benzene rings is 2. The zero-order valence-corrected chi connectivity index (χ0v) is 15.5. The standard InChI is InChI=1S/C20H16F2N4OS/c21-16-7-3-1-5-13(16)11-15(12-14-6-2-4-8-17(14)22)24-19-25-26-18(27)9-10-23-20(26)28-19/h1-10,15H,11-12H2,(H,24,25). The highest BCUT2D eigenvalue weighted by atomic mass is 32.1. The minimum absolute atomic E-state index is 0.283. The van der Waals surface area contributed by atoms with Crippen molar-refractivity contribution in [1.29, 1.82) is 0 Å². The molecule has 0 aliphatic heterocycles. The molecule has 0 fully saturated rings. The number of hydrogen-bond donors (Lipinski definition) is 1. The van der Waals surface area contributed by atoms with Crippen molar-refractivity contribution in [2.24, 2.45) is 0 Å². The van der Waals surface area contributed by atoms with Crippen LogP contribution in [0.1, 0.15) is 11.1 Å². The maximum atomic E-state index is 14.2. The lowest BCUT2D eigenvalue weighted by Crippen LogP contribution is -2.26. The van der Waals surface area contributed by atoms with Crippen LogP contribution in [0.5, 0.6) is 0 Å². The molecule has 2 aromatic carbocycles. The second-order valence-electron chi connectivity index (χ2n) is 6.32. The van der Waals surface area contributed by atoms with E-state index >= 15 is 0 Å². The van der Waals surface area contributed by atoms with Crippen molar-refractivity contribution in [2.75, 3.05) is 5.32 Å². The molecule has 28 heavy (non-hydrogen) atoms. The number of aromatic nitrogens is 3. The van der Waals surface area contributed by atoms with Crippen molar-refractivity contribution < 1.29 is 8.78 Å². The molecule has 0 atom stereocenters. The average Bonchev–Trinajstić information content (AvgIpc) is 3.09. The molecule has 4 aromatic rings. The summed E-state index contributed by atoms with van der Waals surface area (Å²) in [5.41, 5.74) is 0.759. The molecule has 0 unspecified atom stereocenters. The Balaban J connectivity index is 1.65. The van der Waals surface area contributed by atoms with Crippen molar-refractivity contribution in [3.63, 3.8) is 0 Å². The van der Waals surface area contributed by atoms with Crippen LogP contribution in [0.3, 0.4) is 0 Å². The molecule has 0 spiro atoms. The lowest BCUT2D eigenvalue weighted by molar-refractivity contribution is 0.577. The number of anilines is 1. The largest absolute Gasteiger partial charge is 0.357 e. The summed E-state index contributed by atoms with van der Waals surface area (Å²) in [6.45, 7) is 0. The molecule has 0 radical (unpaired) electrons. The van der Waals surface area contributed by atoms with E-state index in [4.69, 9.17) is 0 Å². The van der Waals surface area contributed by atoms with Crippen molar-refractivity contribution in [2.45, 2.75) is 18.9 Å². The summed E-state index contributed by atoms with van der Waals surface area (Å²) in [4.78, 5) is 16.5. The molecule has 0 bridgehead atoms. The molecule has 8 heteroatoms. The van der Waals surface area contributed by atoms with E-state index in [-0.39, 0.29) is 23.2 Å². The predicted octanol–water partition coefficient (Wildman–Crippen LogP) is 3.70. The first-order chi connectivity index (χ1) is 13.6. The molecule has 2 aromatic heterocycles. The van der Waals surface area contributed by atoms with Crippen LogP contribution in [0.4, 0.5) is 13.9 Å². The van der Waals surface area contributed by atoms with E-state index in [9.17, 15) is 13.6 Å². The van der Waals surface area contributed by atoms with Gasteiger partial charge in [-0.05, 0) is 36.1 Å². The fraction of sp³-hybridized carbons (Fsp3) is 0.150. The van der Waals surface area contributed by atoms with Crippen LogP contribution in [-0.2, 0) is 12.8 Å². The van der Waals surface area contributed by atoms with Gasteiger partial charge in [0.05, 0.1) is 0 Å². The SMILES string of the molecule is O=c1ccnc2sc(NC(Cc3ccccc3F)Cc3ccccc3F)nn12. The Kier molecular flexibility index (Phi) is 5.12. The van der Waals surface area contributed by atoms with E-state index in [0.717, 1.165) is 0 Å². The van der Waals surface area contributed by atoms with Gasteiger partial charge < -0.3 is 5.32 Å². The second-order valence-corrected chi connectivity index (χ2v) is 7.27. The molecule has 4 rings (SSSR count). The van der Waals surface area contributed by atoms with Gasteiger partial charge in [-0.15, -0.1) is 5.10 Å². The van der Waals surface area contributed by atoms with E-state index < -0.39 is 0 Å². The lowest BCUT2D eigenvalue weighted by Gasteiger charge is -2.19.